The third-order valence-corrected chi connectivity index (χ3v) is 3.70. The number of rotatable bonds is 4. The zero-order valence-corrected chi connectivity index (χ0v) is 10.9. The first-order valence-electron chi connectivity index (χ1n) is 6.32. The molecule has 1 aliphatic rings. The Labute approximate surface area is 107 Å². The molecule has 2 rings (SSSR count). The molecule has 0 amide bonds. The first kappa shape index (κ1) is 13.3. The number of benzene rings is 1. The van der Waals surface area contributed by atoms with Crippen molar-refractivity contribution in [3.05, 3.63) is 29.6 Å². The Morgan fingerprint density at radius 1 is 1.56 bits per heavy atom. The van der Waals surface area contributed by atoms with Crippen molar-refractivity contribution in [2.24, 2.45) is 11.7 Å². The molecular formula is C14H20FNO2. The molecule has 0 bridgehead atoms. The number of nitrogens with two attached hydrogens (primary N) is 1. The van der Waals surface area contributed by atoms with E-state index in [0.29, 0.717) is 17.9 Å². The van der Waals surface area contributed by atoms with E-state index in [1.165, 1.54) is 7.11 Å². The topological polar surface area (TPSA) is 44.5 Å². The van der Waals surface area contributed by atoms with Gasteiger partial charge in [-0.05, 0) is 31.4 Å². The van der Waals surface area contributed by atoms with Crippen molar-refractivity contribution >= 4 is 0 Å². The minimum absolute atomic E-state index is 0.0795. The number of hydrogen-bond donors (Lipinski definition) is 1. The summed E-state index contributed by atoms with van der Waals surface area (Å²) in [5.74, 6) is 0.271. The molecule has 1 aromatic carbocycles. The molecule has 0 aliphatic carbocycles. The monoisotopic (exact) mass is 253 g/mol. The molecule has 4 heteroatoms. The molecule has 18 heavy (non-hydrogen) atoms. The van der Waals surface area contributed by atoms with Crippen LogP contribution in [0, 0.1) is 11.7 Å². The fourth-order valence-corrected chi connectivity index (χ4v) is 2.59. The maximum atomic E-state index is 14.0. The molecule has 0 saturated carbocycles. The van der Waals surface area contributed by atoms with E-state index < -0.39 is 0 Å². The summed E-state index contributed by atoms with van der Waals surface area (Å²) in [4.78, 5) is 0. The van der Waals surface area contributed by atoms with Gasteiger partial charge in [-0.15, -0.1) is 0 Å². The highest BCUT2D eigenvalue weighted by Gasteiger charge is 2.30. The van der Waals surface area contributed by atoms with Crippen LogP contribution in [0.2, 0.25) is 0 Å². The molecular weight excluding hydrogens is 233 g/mol. The zero-order chi connectivity index (χ0) is 13.1. The van der Waals surface area contributed by atoms with Gasteiger partial charge >= 0.3 is 0 Å². The summed E-state index contributed by atoms with van der Waals surface area (Å²) in [6.45, 7) is 2.78. The van der Waals surface area contributed by atoms with E-state index in [4.69, 9.17) is 15.2 Å². The van der Waals surface area contributed by atoms with Crippen LogP contribution in [0.3, 0.4) is 0 Å². The Kier molecular flexibility index (Phi) is 4.19. The van der Waals surface area contributed by atoms with Crippen molar-refractivity contribution in [2.45, 2.75) is 31.9 Å². The van der Waals surface area contributed by atoms with Gasteiger partial charge in [-0.3, -0.25) is 0 Å². The molecule has 3 nitrogen and oxygen atoms in total. The van der Waals surface area contributed by atoms with E-state index >= 15 is 0 Å². The van der Waals surface area contributed by atoms with Gasteiger partial charge in [0.15, 0.2) is 11.6 Å². The van der Waals surface area contributed by atoms with Crippen molar-refractivity contribution in [3.8, 4) is 5.75 Å². The van der Waals surface area contributed by atoms with Crippen molar-refractivity contribution in [2.75, 3.05) is 13.7 Å². The van der Waals surface area contributed by atoms with E-state index in [1.54, 1.807) is 18.2 Å². The average molecular weight is 253 g/mol. The van der Waals surface area contributed by atoms with E-state index in [2.05, 4.69) is 0 Å². The molecule has 3 unspecified atom stereocenters. The highest BCUT2D eigenvalue weighted by atomic mass is 19.1. The maximum absolute atomic E-state index is 14.0. The molecule has 1 aliphatic heterocycles. The van der Waals surface area contributed by atoms with Crippen LogP contribution in [0.1, 0.15) is 18.9 Å². The molecule has 1 saturated heterocycles. The van der Waals surface area contributed by atoms with Gasteiger partial charge in [-0.25, -0.2) is 4.39 Å². The Bertz CT molecular complexity index is 411. The first-order valence-corrected chi connectivity index (χ1v) is 6.32. The van der Waals surface area contributed by atoms with E-state index in [-0.39, 0.29) is 23.7 Å². The van der Waals surface area contributed by atoms with Crippen molar-refractivity contribution in [1.29, 1.82) is 0 Å². The fraction of sp³-hybridized carbons (Fsp3) is 0.571. The van der Waals surface area contributed by atoms with Gasteiger partial charge in [0.25, 0.3) is 0 Å². The highest BCUT2D eigenvalue weighted by molar-refractivity contribution is 5.31. The fourth-order valence-electron chi connectivity index (χ4n) is 2.59. The summed E-state index contributed by atoms with van der Waals surface area (Å²) < 4.78 is 24.5. The molecule has 1 fully saturated rings. The van der Waals surface area contributed by atoms with Gasteiger partial charge < -0.3 is 15.2 Å². The van der Waals surface area contributed by atoms with Crippen molar-refractivity contribution in [3.63, 3.8) is 0 Å². The molecule has 0 spiro atoms. The van der Waals surface area contributed by atoms with Crippen LogP contribution < -0.4 is 10.5 Å². The molecule has 3 atom stereocenters. The van der Waals surface area contributed by atoms with Crippen LogP contribution in [0.15, 0.2) is 18.2 Å². The van der Waals surface area contributed by atoms with Gasteiger partial charge in [-0.1, -0.05) is 12.1 Å². The van der Waals surface area contributed by atoms with Crippen molar-refractivity contribution < 1.29 is 13.9 Å². The third-order valence-electron chi connectivity index (χ3n) is 3.70. The summed E-state index contributed by atoms with van der Waals surface area (Å²) >= 11 is 0. The minimum atomic E-state index is -0.304. The van der Waals surface area contributed by atoms with Crippen LogP contribution in [0.25, 0.3) is 0 Å². The number of halogens is 1. The molecule has 1 aromatic rings. The lowest BCUT2D eigenvalue weighted by atomic mass is 9.89. The van der Waals surface area contributed by atoms with Gasteiger partial charge in [0.05, 0.1) is 13.2 Å². The smallest absolute Gasteiger partial charge is 0.168 e. The Morgan fingerprint density at radius 3 is 2.94 bits per heavy atom. The van der Waals surface area contributed by atoms with E-state index in [1.807, 2.05) is 6.92 Å². The Balaban J connectivity index is 2.09. The van der Waals surface area contributed by atoms with Crippen LogP contribution in [-0.4, -0.2) is 25.9 Å². The van der Waals surface area contributed by atoms with Crippen LogP contribution in [-0.2, 0) is 11.2 Å². The standard InChI is InChI=1S/C14H20FNO2/c1-9-11(6-7-18-9)12(16)8-10-4-3-5-13(17-2)14(10)15/h3-5,9,11-12H,6-8,16H2,1-2H3. The summed E-state index contributed by atoms with van der Waals surface area (Å²) in [5.41, 5.74) is 6.79. The Hall–Kier alpha value is -1.13. The van der Waals surface area contributed by atoms with Crippen LogP contribution in [0.4, 0.5) is 4.39 Å². The van der Waals surface area contributed by atoms with Crippen molar-refractivity contribution in [1.82, 2.24) is 0 Å². The van der Waals surface area contributed by atoms with E-state index in [0.717, 1.165) is 13.0 Å². The summed E-state index contributed by atoms with van der Waals surface area (Å²) in [6, 6.07) is 5.09. The van der Waals surface area contributed by atoms with Gasteiger partial charge in [-0.2, -0.15) is 0 Å². The summed E-state index contributed by atoms with van der Waals surface area (Å²) in [6.07, 6.45) is 1.63. The number of ether oxygens (including phenoxy) is 2. The van der Waals surface area contributed by atoms with Crippen LogP contribution in [0.5, 0.6) is 5.75 Å². The number of methoxy groups -OCH3 is 1. The second-order valence-electron chi connectivity index (χ2n) is 4.83. The van der Waals surface area contributed by atoms with Gasteiger partial charge in [0.1, 0.15) is 0 Å². The predicted octanol–water partition coefficient (Wildman–Crippen LogP) is 2.13. The molecule has 0 radical (unpaired) electrons. The van der Waals surface area contributed by atoms with E-state index in [9.17, 15) is 4.39 Å². The zero-order valence-electron chi connectivity index (χ0n) is 10.9. The summed E-state index contributed by atoms with van der Waals surface area (Å²) in [5, 5.41) is 0. The third kappa shape index (κ3) is 2.65. The largest absolute Gasteiger partial charge is 0.494 e. The SMILES string of the molecule is COc1cccc(CC(N)C2CCOC2C)c1F. The maximum Gasteiger partial charge on any atom is 0.168 e. The second kappa shape index (κ2) is 5.67. The lowest BCUT2D eigenvalue weighted by Gasteiger charge is -2.22. The highest BCUT2D eigenvalue weighted by Crippen LogP contribution is 2.27. The molecule has 100 valence electrons. The van der Waals surface area contributed by atoms with Gasteiger partial charge in [0.2, 0.25) is 0 Å². The first-order chi connectivity index (χ1) is 8.63. The summed E-state index contributed by atoms with van der Waals surface area (Å²) in [7, 11) is 1.47. The molecule has 1 heterocycles. The second-order valence-corrected chi connectivity index (χ2v) is 4.83. The van der Waals surface area contributed by atoms with Crippen LogP contribution >= 0.6 is 0 Å². The minimum Gasteiger partial charge on any atom is -0.494 e. The normalized spacial score (nSPS) is 25.1. The lowest BCUT2D eigenvalue weighted by molar-refractivity contribution is 0.0994. The average Bonchev–Trinajstić information content (AvgIpc) is 2.78. The molecule has 2 N–H and O–H groups in total. The molecule has 0 aromatic heterocycles. The van der Waals surface area contributed by atoms with Gasteiger partial charge in [0, 0.05) is 18.6 Å². The predicted molar refractivity (Wildman–Crippen MR) is 68.2 cm³/mol. The number of hydrogen-bond acceptors (Lipinski definition) is 3. The Morgan fingerprint density at radius 2 is 2.33 bits per heavy atom. The quantitative estimate of drug-likeness (QED) is 0.894. The lowest BCUT2D eigenvalue weighted by Crippen LogP contribution is -2.36.